The van der Waals surface area contributed by atoms with Crippen LogP contribution in [0.3, 0.4) is 0 Å². The third kappa shape index (κ3) is 2.42. The van der Waals surface area contributed by atoms with Crippen LogP contribution < -0.4 is 10.2 Å². The van der Waals surface area contributed by atoms with Gasteiger partial charge in [-0.1, -0.05) is 11.6 Å². The van der Waals surface area contributed by atoms with E-state index in [2.05, 4.69) is 25.7 Å². The second-order valence-electron chi connectivity index (χ2n) is 3.18. The predicted molar refractivity (Wildman–Crippen MR) is 65.9 cm³/mol. The Labute approximate surface area is 108 Å². The lowest BCUT2D eigenvalue weighted by atomic mass is 10.2. The molecule has 5 nitrogen and oxygen atoms in total. The van der Waals surface area contributed by atoms with E-state index in [0.717, 1.165) is 6.07 Å². The predicted octanol–water partition coefficient (Wildman–Crippen LogP) is 3.00. The van der Waals surface area contributed by atoms with Gasteiger partial charge in [-0.3, -0.25) is 4.79 Å². The van der Waals surface area contributed by atoms with Gasteiger partial charge in [0, 0.05) is 15.6 Å². The molecule has 0 saturated heterocycles. The number of aromatic amines is 1. The summed E-state index contributed by atoms with van der Waals surface area (Å²) in [5.74, 6) is -0.149. The molecule has 0 amide bonds. The number of pyridine rings is 1. The maximum absolute atomic E-state index is 11.7. The molecule has 0 atom stereocenters. The number of ether oxygens (including phenoxy) is 1. The Balaban J connectivity index is 2.73. The van der Waals surface area contributed by atoms with Gasteiger partial charge in [-0.25, -0.2) is 4.79 Å². The fourth-order valence-corrected chi connectivity index (χ4v) is 2.44. The summed E-state index contributed by atoms with van der Waals surface area (Å²) in [6, 6.07) is 4.16. The highest BCUT2D eigenvalue weighted by Crippen LogP contribution is 2.25. The quantitative estimate of drug-likeness (QED) is 0.792. The van der Waals surface area contributed by atoms with E-state index in [1.807, 2.05) is 0 Å². The summed E-state index contributed by atoms with van der Waals surface area (Å²) in [6.45, 7) is 0. The van der Waals surface area contributed by atoms with Crippen LogP contribution in [0.2, 0.25) is 5.02 Å². The van der Waals surface area contributed by atoms with Crippen LogP contribution in [-0.2, 0) is 0 Å². The van der Waals surface area contributed by atoms with E-state index in [1.165, 1.54) is 6.07 Å². The highest BCUT2D eigenvalue weighted by Gasteiger charge is 2.09. The summed E-state index contributed by atoms with van der Waals surface area (Å²) >= 11 is 9.04. The van der Waals surface area contributed by atoms with Crippen LogP contribution in [0.1, 0.15) is 0 Å². The fraction of sp³-hybridized carbons (Fsp3) is 0. The molecule has 0 bridgehead atoms. The minimum Gasteiger partial charge on any atom is -0.449 e. The topological polar surface area (TPSA) is 79.4 Å². The molecule has 2 aromatic rings. The molecule has 1 aromatic heterocycles. The van der Waals surface area contributed by atoms with E-state index >= 15 is 0 Å². The van der Waals surface area contributed by atoms with E-state index < -0.39 is 6.16 Å². The summed E-state index contributed by atoms with van der Waals surface area (Å²) in [5, 5.41) is 9.25. The normalized spacial score (nSPS) is 10.5. The zero-order valence-corrected chi connectivity index (χ0v) is 10.5. The minimum atomic E-state index is -1.50. The Morgan fingerprint density at radius 2 is 2.12 bits per heavy atom. The van der Waals surface area contributed by atoms with Crippen LogP contribution in [0, 0.1) is 0 Å². The molecule has 1 aromatic carbocycles. The van der Waals surface area contributed by atoms with Crippen LogP contribution in [0.25, 0.3) is 10.9 Å². The van der Waals surface area contributed by atoms with E-state index in [0.29, 0.717) is 20.4 Å². The molecule has 0 aliphatic rings. The molecule has 0 unspecified atom stereocenters. The van der Waals surface area contributed by atoms with Crippen molar-refractivity contribution in [2.45, 2.75) is 0 Å². The van der Waals surface area contributed by atoms with Gasteiger partial charge in [0.15, 0.2) is 5.43 Å². The first-order chi connectivity index (χ1) is 7.97. The number of carboxylic acid groups (broad SMARTS) is 1. The number of rotatable bonds is 1. The molecule has 0 radical (unpaired) electrons. The van der Waals surface area contributed by atoms with Gasteiger partial charge in [-0.15, -0.1) is 0 Å². The Morgan fingerprint density at radius 1 is 1.41 bits per heavy atom. The van der Waals surface area contributed by atoms with Gasteiger partial charge in [-0.2, -0.15) is 0 Å². The number of benzene rings is 1. The van der Waals surface area contributed by atoms with Gasteiger partial charge in [0.05, 0.1) is 10.9 Å². The number of nitrogens with one attached hydrogen (secondary N) is 1. The summed E-state index contributed by atoms with van der Waals surface area (Å²) in [4.78, 5) is 24.8. The summed E-state index contributed by atoms with van der Waals surface area (Å²) in [7, 11) is 0. The Hall–Kier alpha value is -1.53. The lowest BCUT2D eigenvalue weighted by Crippen LogP contribution is -2.09. The second kappa shape index (κ2) is 4.38. The van der Waals surface area contributed by atoms with Crippen molar-refractivity contribution in [1.29, 1.82) is 0 Å². The molecule has 7 heteroatoms. The average molecular weight is 319 g/mol. The van der Waals surface area contributed by atoms with Crippen LogP contribution in [0.4, 0.5) is 4.79 Å². The van der Waals surface area contributed by atoms with Gasteiger partial charge >= 0.3 is 6.16 Å². The van der Waals surface area contributed by atoms with Crippen LogP contribution >= 0.6 is 27.5 Å². The van der Waals surface area contributed by atoms with Crippen molar-refractivity contribution in [1.82, 2.24) is 4.98 Å². The summed E-state index contributed by atoms with van der Waals surface area (Å²) in [6.07, 6.45) is -1.50. The number of hydrogen-bond donors (Lipinski definition) is 2. The largest absolute Gasteiger partial charge is 0.512 e. The lowest BCUT2D eigenvalue weighted by molar-refractivity contribution is 0.142. The van der Waals surface area contributed by atoms with Crippen LogP contribution in [0.5, 0.6) is 5.88 Å². The molecule has 0 fully saturated rings. The molecule has 0 aliphatic heterocycles. The zero-order valence-electron chi connectivity index (χ0n) is 8.16. The number of aromatic nitrogens is 1. The Morgan fingerprint density at radius 3 is 2.76 bits per heavy atom. The van der Waals surface area contributed by atoms with E-state index in [4.69, 9.17) is 16.7 Å². The molecular formula is C10H5BrClNO4. The maximum atomic E-state index is 11.7. The second-order valence-corrected chi connectivity index (χ2v) is 4.47. The van der Waals surface area contributed by atoms with E-state index in [-0.39, 0.29) is 11.3 Å². The fourth-order valence-electron chi connectivity index (χ4n) is 1.43. The average Bonchev–Trinajstić information content (AvgIpc) is 2.13. The zero-order chi connectivity index (χ0) is 12.6. The van der Waals surface area contributed by atoms with Crippen molar-refractivity contribution < 1.29 is 14.6 Å². The minimum absolute atomic E-state index is 0.149. The molecule has 0 aliphatic carbocycles. The third-order valence-corrected chi connectivity index (χ3v) is 2.86. The molecule has 0 saturated carbocycles. The lowest BCUT2D eigenvalue weighted by Gasteiger charge is -2.04. The molecule has 1 heterocycles. The van der Waals surface area contributed by atoms with E-state index in [1.54, 1.807) is 6.07 Å². The highest BCUT2D eigenvalue weighted by atomic mass is 79.9. The monoisotopic (exact) mass is 317 g/mol. The van der Waals surface area contributed by atoms with Crippen molar-refractivity contribution in [3.05, 3.63) is 37.9 Å². The number of hydrogen-bond acceptors (Lipinski definition) is 3. The number of carbonyl (C=O) groups is 1. The van der Waals surface area contributed by atoms with Crippen molar-refractivity contribution in [2.75, 3.05) is 0 Å². The molecule has 17 heavy (non-hydrogen) atoms. The molecule has 2 N–H and O–H groups in total. The van der Waals surface area contributed by atoms with Gasteiger partial charge in [0.25, 0.3) is 0 Å². The Kier molecular flexibility index (Phi) is 3.08. The number of fused-ring (bicyclic) bond motifs is 1. The summed E-state index contributed by atoms with van der Waals surface area (Å²) < 4.78 is 4.92. The number of H-pyrrole nitrogens is 1. The van der Waals surface area contributed by atoms with Gasteiger partial charge in [-0.05, 0) is 28.1 Å². The Bertz CT molecular complexity index is 667. The summed E-state index contributed by atoms with van der Waals surface area (Å²) in [5.41, 5.74) is 0.0340. The van der Waals surface area contributed by atoms with Crippen molar-refractivity contribution >= 4 is 44.6 Å². The van der Waals surface area contributed by atoms with Crippen molar-refractivity contribution in [3.63, 3.8) is 0 Å². The first-order valence-corrected chi connectivity index (χ1v) is 5.57. The SMILES string of the molecule is O=C(O)Oc1cc(=O)c2c(Br)cc(Cl)cc2[nH]1. The van der Waals surface area contributed by atoms with Gasteiger partial charge < -0.3 is 14.8 Å². The van der Waals surface area contributed by atoms with Crippen molar-refractivity contribution in [2.24, 2.45) is 0 Å². The molecule has 88 valence electrons. The maximum Gasteiger partial charge on any atom is 0.512 e. The third-order valence-electron chi connectivity index (χ3n) is 2.02. The number of halogens is 2. The van der Waals surface area contributed by atoms with Gasteiger partial charge in [0.1, 0.15) is 0 Å². The highest BCUT2D eigenvalue weighted by molar-refractivity contribution is 9.10. The van der Waals surface area contributed by atoms with Crippen molar-refractivity contribution in [3.8, 4) is 5.88 Å². The van der Waals surface area contributed by atoms with Gasteiger partial charge in [0.2, 0.25) is 5.88 Å². The molecule has 2 rings (SSSR count). The standard InChI is InChI=1S/C10H5BrClNO4/c11-5-1-4(12)2-6-9(5)7(14)3-8(13-6)17-10(15)16/h1-3H,(H,13,14)(H,15,16). The van der Waals surface area contributed by atoms with Crippen LogP contribution in [0.15, 0.2) is 27.5 Å². The molecule has 0 spiro atoms. The first kappa shape index (κ1) is 11.9. The smallest absolute Gasteiger partial charge is 0.449 e. The van der Waals surface area contributed by atoms with Crippen LogP contribution in [-0.4, -0.2) is 16.2 Å². The first-order valence-electron chi connectivity index (χ1n) is 4.40. The van der Waals surface area contributed by atoms with E-state index in [9.17, 15) is 9.59 Å². The molecular weight excluding hydrogens is 313 g/mol.